The minimum atomic E-state index is -1.10. The highest BCUT2D eigenvalue weighted by Gasteiger charge is 2.32. The molecule has 0 amide bonds. The lowest BCUT2D eigenvalue weighted by molar-refractivity contribution is -0.116. The Bertz CT molecular complexity index is 696. The van der Waals surface area contributed by atoms with Crippen molar-refractivity contribution in [3.8, 4) is 23.3 Å². The van der Waals surface area contributed by atoms with Crippen LogP contribution in [-0.2, 0) is 0 Å². The molecular formula is C15H16O6. The molecule has 0 unspecified atom stereocenters. The second kappa shape index (κ2) is 5.83. The molecule has 0 aliphatic carbocycles. The molecule has 0 radical (unpaired) electrons. The lowest BCUT2D eigenvalue weighted by Crippen LogP contribution is -2.14. The highest BCUT2D eigenvalue weighted by atomic mass is 17.2. The van der Waals surface area contributed by atoms with E-state index in [1.807, 2.05) is 0 Å². The molecule has 21 heavy (non-hydrogen) atoms. The summed E-state index contributed by atoms with van der Waals surface area (Å²) >= 11 is 0. The van der Waals surface area contributed by atoms with Crippen LogP contribution in [0.2, 0.25) is 0 Å². The minimum absolute atomic E-state index is 0.00306. The van der Waals surface area contributed by atoms with E-state index in [-0.39, 0.29) is 22.6 Å². The molecule has 112 valence electrons. The first kappa shape index (κ1) is 14.9. The van der Waals surface area contributed by atoms with Crippen molar-refractivity contribution >= 4 is 17.1 Å². The Labute approximate surface area is 121 Å². The van der Waals surface area contributed by atoms with Crippen LogP contribution in [0.25, 0.3) is 11.2 Å². The van der Waals surface area contributed by atoms with Crippen molar-refractivity contribution in [3.63, 3.8) is 0 Å². The predicted octanol–water partition coefficient (Wildman–Crippen LogP) is 3.71. The molecule has 6 heteroatoms. The largest absolute Gasteiger partial charge is 0.478 e. The van der Waals surface area contributed by atoms with Crippen LogP contribution >= 0.6 is 0 Å². The molecule has 0 spiro atoms. The first-order valence-electron chi connectivity index (χ1n) is 6.54. The molecule has 4 rings (SSSR count). The summed E-state index contributed by atoms with van der Waals surface area (Å²) in [5.74, 6) is 6.40. The monoisotopic (exact) mass is 292 g/mol. The average Bonchev–Trinajstić information content (AvgIpc) is 2.36. The Balaban J connectivity index is 0.000000177. The average molecular weight is 292 g/mol. The second-order valence-corrected chi connectivity index (χ2v) is 5.15. The van der Waals surface area contributed by atoms with Crippen LogP contribution in [0, 0.1) is 23.7 Å². The van der Waals surface area contributed by atoms with Gasteiger partial charge in [0, 0.05) is 17.9 Å². The van der Waals surface area contributed by atoms with Gasteiger partial charge in [0.15, 0.2) is 0 Å². The van der Waals surface area contributed by atoms with Gasteiger partial charge in [-0.25, -0.2) is 4.79 Å². The standard InChI is InChI=1S/C8H14.C7H2O6/c1-7(2)5-6-8(3)4;8-7(9)2-1-3-5-6(13-12-5)4(2)11-10-3/h7-8H,1-4H3;1H,(H,8,9). The van der Waals surface area contributed by atoms with Gasteiger partial charge in [-0.2, -0.15) is 0 Å². The molecule has 0 saturated carbocycles. The SMILES string of the molecule is CC(C)C#CC(C)C.O=C(O)c1cc2c3ooc3c1OO2. The third-order valence-corrected chi connectivity index (χ3v) is 2.47. The number of benzene rings is 1. The summed E-state index contributed by atoms with van der Waals surface area (Å²) in [6.07, 6.45) is 0. The highest BCUT2D eigenvalue weighted by Crippen LogP contribution is 2.43. The second-order valence-electron chi connectivity index (χ2n) is 5.15. The molecule has 6 nitrogen and oxygen atoms in total. The Morgan fingerprint density at radius 1 is 1.05 bits per heavy atom. The van der Waals surface area contributed by atoms with E-state index in [9.17, 15) is 4.79 Å². The maximum Gasteiger partial charge on any atom is 0.339 e. The van der Waals surface area contributed by atoms with E-state index >= 15 is 0 Å². The van der Waals surface area contributed by atoms with Gasteiger partial charge in [-0.1, -0.05) is 27.7 Å². The van der Waals surface area contributed by atoms with Crippen LogP contribution in [-0.4, -0.2) is 11.1 Å². The number of carbonyl (C=O) groups is 1. The van der Waals surface area contributed by atoms with Crippen molar-refractivity contribution in [2.24, 2.45) is 11.8 Å². The first-order chi connectivity index (χ1) is 9.90. The van der Waals surface area contributed by atoms with Crippen LogP contribution in [0.3, 0.4) is 0 Å². The van der Waals surface area contributed by atoms with Crippen molar-refractivity contribution < 1.29 is 28.8 Å². The summed E-state index contributed by atoms with van der Waals surface area (Å²) in [7, 11) is 0. The summed E-state index contributed by atoms with van der Waals surface area (Å²) in [5, 5.41) is 8.73. The summed E-state index contributed by atoms with van der Waals surface area (Å²) < 4.78 is 9.14. The van der Waals surface area contributed by atoms with Gasteiger partial charge >= 0.3 is 5.97 Å². The number of carboxylic acids is 1. The minimum Gasteiger partial charge on any atom is -0.478 e. The number of aromatic carboxylic acids is 1. The van der Waals surface area contributed by atoms with Gasteiger partial charge in [-0.3, -0.25) is 18.9 Å². The summed E-state index contributed by atoms with van der Waals surface area (Å²) in [5.41, 5.74) is 0.663. The molecule has 2 aliphatic rings. The van der Waals surface area contributed by atoms with E-state index in [1.165, 1.54) is 6.07 Å². The molecule has 1 aromatic heterocycles. The van der Waals surface area contributed by atoms with Crippen LogP contribution in [0.5, 0.6) is 11.5 Å². The molecule has 2 bridgehead atoms. The fourth-order valence-corrected chi connectivity index (χ4v) is 1.53. The van der Waals surface area contributed by atoms with Crippen molar-refractivity contribution in [3.05, 3.63) is 11.6 Å². The molecule has 1 N–H and O–H groups in total. The number of fused-ring (bicyclic) bond motifs is 2. The molecule has 3 heterocycles. The zero-order valence-electron chi connectivity index (χ0n) is 12.2. The highest BCUT2D eigenvalue weighted by molar-refractivity contribution is 6.00. The molecule has 2 aliphatic heterocycles. The van der Waals surface area contributed by atoms with Crippen LogP contribution in [0.15, 0.2) is 15.2 Å². The first-order valence-corrected chi connectivity index (χ1v) is 6.54. The number of hydrogen-bond donors (Lipinski definition) is 1. The van der Waals surface area contributed by atoms with Gasteiger partial charge in [-0.15, -0.1) is 11.8 Å². The van der Waals surface area contributed by atoms with E-state index in [1.54, 1.807) is 0 Å². The summed E-state index contributed by atoms with van der Waals surface area (Å²) in [4.78, 5) is 20.0. The van der Waals surface area contributed by atoms with Gasteiger partial charge in [0.1, 0.15) is 5.56 Å². The Hall–Kier alpha value is -2.55. The van der Waals surface area contributed by atoms with Gasteiger partial charge in [0.05, 0.1) is 0 Å². The molecule has 0 atom stereocenters. The van der Waals surface area contributed by atoms with Gasteiger partial charge < -0.3 is 5.11 Å². The third kappa shape index (κ3) is 3.14. The Kier molecular flexibility index (Phi) is 4.13. The molecular weight excluding hydrogens is 276 g/mol. The van der Waals surface area contributed by atoms with E-state index in [0.717, 1.165) is 0 Å². The Morgan fingerprint density at radius 3 is 2.00 bits per heavy atom. The van der Waals surface area contributed by atoms with Gasteiger partial charge in [0.2, 0.25) is 11.5 Å². The molecule has 0 fully saturated rings. The zero-order valence-corrected chi connectivity index (χ0v) is 12.2. The Morgan fingerprint density at radius 2 is 1.62 bits per heavy atom. The maximum absolute atomic E-state index is 10.7. The van der Waals surface area contributed by atoms with Crippen LogP contribution in [0.4, 0.5) is 0 Å². The van der Waals surface area contributed by atoms with Crippen molar-refractivity contribution in [2.45, 2.75) is 27.7 Å². The van der Waals surface area contributed by atoms with Gasteiger partial charge in [0.25, 0.3) is 11.2 Å². The van der Waals surface area contributed by atoms with Crippen molar-refractivity contribution in [1.29, 1.82) is 0 Å². The maximum atomic E-state index is 10.7. The van der Waals surface area contributed by atoms with E-state index in [0.29, 0.717) is 17.4 Å². The fourth-order valence-electron chi connectivity index (χ4n) is 1.53. The molecule has 1 aromatic carbocycles. The van der Waals surface area contributed by atoms with E-state index in [2.05, 4.69) is 58.5 Å². The van der Waals surface area contributed by atoms with Gasteiger partial charge in [-0.05, 0) is 0 Å². The summed E-state index contributed by atoms with van der Waals surface area (Å²) in [6, 6.07) is 1.32. The van der Waals surface area contributed by atoms with Crippen molar-refractivity contribution in [2.75, 3.05) is 0 Å². The quantitative estimate of drug-likeness (QED) is 0.637. The van der Waals surface area contributed by atoms with E-state index in [4.69, 9.17) is 5.11 Å². The topological polar surface area (TPSA) is 82.0 Å². The third-order valence-electron chi connectivity index (χ3n) is 2.47. The van der Waals surface area contributed by atoms with Crippen LogP contribution in [0.1, 0.15) is 38.1 Å². The number of hydrogen-bond acceptors (Lipinski definition) is 5. The predicted molar refractivity (Wildman–Crippen MR) is 74.1 cm³/mol. The lowest BCUT2D eigenvalue weighted by Gasteiger charge is -2.17. The molecule has 2 aromatic rings. The zero-order chi connectivity index (χ0) is 15.6. The lowest BCUT2D eigenvalue weighted by atomic mass is 10.1. The van der Waals surface area contributed by atoms with Crippen LogP contribution < -0.4 is 9.78 Å². The smallest absolute Gasteiger partial charge is 0.339 e. The number of rotatable bonds is 1. The van der Waals surface area contributed by atoms with E-state index < -0.39 is 5.97 Å². The van der Waals surface area contributed by atoms with Crippen molar-refractivity contribution in [1.82, 2.24) is 0 Å². The summed E-state index contributed by atoms with van der Waals surface area (Å²) in [6.45, 7) is 8.43. The fraction of sp³-hybridized carbons (Fsp3) is 0.400. The normalized spacial score (nSPS) is 11.5. The number of carboxylic acid groups (broad SMARTS) is 1. The molecule has 0 saturated heterocycles.